The van der Waals surface area contributed by atoms with Gasteiger partial charge in [-0.25, -0.2) is 4.98 Å². The quantitative estimate of drug-likeness (QED) is 0.690. The molecule has 0 aliphatic rings. The van der Waals surface area contributed by atoms with Gasteiger partial charge in [-0.05, 0) is 63.4 Å². The number of nitrogens with zero attached hydrogens (tertiary/aromatic N) is 2. The third-order valence-electron chi connectivity index (χ3n) is 3.77. The van der Waals surface area contributed by atoms with E-state index in [2.05, 4.69) is 4.98 Å². The van der Waals surface area contributed by atoms with Gasteiger partial charge < -0.3 is 24.4 Å². The average molecular weight is 314 g/mol. The molecule has 0 radical (unpaired) electrons. The number of carbonyl (C=O) groups excluding carboxylic acids is 2. The molecule has 2 aromatic rings. The standard InChI is InChI=1S/C17H20N2O4/c1-10-8-13(6-7-14(16(20)21)17(22)23)18-15(9-10)19-11(2)4-5-12(19)3/h4-5,8-9,14H,6-7H2,1-3H3,(H,20,21)(H,22,23)/p-2. The summed E-state index contributed by atoms with van der Waals surface area (Å²) in [6.07, 6.45) is 0.116. The maximum atomic E-state index is 10.8. The van der Waals surface area contributed by atoms with Crippen LogP contribution in [0.4, 0.5) is 0 Å². The molecule has 0 aromatic carbocycles. The third-order valence-corrected chi connectivity index (χ3v) is 3.77. The third kappa shape index (κ3) is 3.77. The topological polar surface area (TPSA) is 98.1 Å². The van der Waals surface area contributed by atoms with Crippen molar-refractivity contribution in [2.75, 3.05) is 0 Å². The Hall–Kier alpha value is -2.63. The first-order valence-corrected chi connectivity index (χ1v) is 7.34. The lowest BCUT2D eigenvalue weighted by molar-refractivity contribution is -0.331. The van der Waals surface area contributed by atoms with Gasteiger partial charge >= 0.3 is 0 Å². The predicted octanol–water partition coefficient (Wildman–Crippen LogP) is -0.154. The first-order valence-electron chi connectivity index (χ1n) is 7.34. The van der Waals surface area contributed by atoms with E-state index in [4.69, 9.17) is 0 Å². The molecule has 0 unspecified atom stereocenters. The van der Waals surface area contributed by atoms with Crippen LogP contribution in [0.25, 0.3) is 5.82 Å². The average Bonchev–Trinajstić information content (AvgIpc) is 2.77. The van der Waals surface area contributed by atoms with Gasteiger partial charge in [0.05, 0.1) is 11.9 Å². The van der Waals surface area contributed by atoms with E-state index in [9.17, 15) is 19.8 Å². The molecule has 122 valence electrons. The van der Waals surface area contributed by atoms with Crippen LogP contribution in [0.15, 0.2) is 24.3 Å². The molecule has 0 bridgehead atoms. The smallest absolute Gasteiger partial charge is 0.137 e. The van der Waals surface area contributed by atoms with Crippen LogP contribution in [-0.2, 0) is 16.0 Å². The number of aromatic nitrogens is 2. The van der Waals surface area contributed by atoms with Crippen molar-refractivity contribution in [3.8, 4) is 5.82 Å². The fourth-order valence-electron chi connectivity index (χ4n) is 2.62. The number of carbonyl (C=O) groups is 2. The molecule has 0 saturated carbocycles. The van der Waals surface area contributed by atoms with Crippen LogP contribution in [0.5, 0.6) is 0 Å². The van der Waals surface area contributed by atoms with Crippen LogP contribution >= 0.6 is 0 Å². The maximum absolute atomic E-state index is 10.8. The Balaban J connectivity index is 2.28. The lowest BCUT2D eigenvalue weighted by Gasteiger charge is -2.19. The summed E-state index contributed by atoms with van der Waals surface area (Å²) in [7, 11) is 0. The molecule has 0 amide bonds. The van der Waals surface area contributed by atoms with E-state index >= 15 is 0 Å². The Kier molecular flexibility index (Phi) is 4.83. The first kappa shape index (κ1) is 16.7. The zero-order valence-corrected chi connectivity index (χ0v) is 13.3. The van der Waals surface area contributed by atoms with Gasteiger partial charge in [-0.1, -0.05) is 0 Å². The molecule has 0 spiro atoms. The number of pyridine rings is 1. The van der Waals surface area contributed by atoms with E-state index in [1.54, 1.807) is 0 Å². The first-order chi connectivity index (χ1) is 10.8. The second-order valence-electron chi connectivity index (χ2n) is 5.67. The Morgan fingerprint density at radius 3 is 2.17 bits per heavy atom. The number of carboxylic acids is 2. The molecule has 0 atom stereocenters. The molecule has 2 heterocycles. The van der Waals surface area contributed by atoms with Crippen LogP contribution in [0.1, 0.15) is 29.1 Å². The van der Waals surface area contributed by atoms with Gasteiger partial charge in [-0.2, -0.15) is 0 Å². The summed E-state index contributed by atoms with van der Waals surface area (Å²) in [6.45, 7) is 5.86. The Bertz CT molecular complexity index is 716. The van der Waals surface area contributed by atoms with E-state index in [0.29, 0.717) is 5.69 Å². The fraction of sp³-hybridized carbons (Fsp3) is 0.353. The van der Waals surface area contributed by atoms with Crippen molar-refractivity contribution < 1.29 is 19.8 Å². The normalized spacial score (nSPS) is 11.0. The molecule has 0 N–H and O–H groups in total. The SMILES string of the molecule is Cc1cc(CCC(C(=O)[O-])C(=O)[O-])nc(-n2c(C)ccc2C)c1. The van der Waals surface area contributed by atoms with Crippen molar-refractivity contribution in [1.82, 2.24) is 9.55 Å². The van der Waals surface area contributed by atoms with E-state index in [1.165, 1.54) is 0 Å². The van der Waals surface area contributed by atoms with Crippen molar-refractivity contribution in [1.29, 1.82) is 0 Å². The highest BCUT2D eigenvalue weighted by Gasteiger charge is 2.13. The van der Waals surface area contributed by atoms with Crippen molar-refractivity contribution in [2.24, 2.45) is 5.92 Å². The minimum atomic E-state index is -1.63. The number of hydrogen-bond donors (Lipinski definition) is 0. The minimum Gasteiger partial charge on any atom is -0.549 e. The Morgan fingerprint density at radius 1 is 1.09 bits per heavy atom. The summed E-state index contributed by atoms with van der Waals surface area (Å²) >= 11 is 0. The number of rotatable bonds is 6. The van der Waals surface area contributed by atoms with E-state index in [0.717, 1.165) is 22.8 Å². The van der Waals surface area contributed by atoms with Crippen molar-refractivity contribution >= 4 is 11.9 Å². The van der Waals surface area contributed by atoms with Crippen LogP contribution < -0.4 is 10.2 Å². The minimum absolute atomic E-state index is 0.107. The van der Waals surface area contributed by atoms with Gasteiger partial charge in [0, 0.05) is 23.0 Å². The van der Waals surface area contributed by atoms with Gasteiger partial charge in [-0.15, -0.1) is 0 Å². The molecule has 2 rings (SSSR count). The van der Waals surface area contributed by atoms with E-state index in [1.807, 2.05) is 49.6 Å². The lowest BCUT2D eigenvalue weighted by atomic mass is 10.0. The monoisotopic (exact) mass is 314 g/mol. The summed E-state index contributed by atoms with van der Waals surface area (Å²) in [5, 5.41) is 21.6. The summed E-state index contributed by atoms with van der Waals surface area (Å²) in [6, 6.07) is 7.72. The van der Waals surface area contributed by atoms with Gasteiger partial charge in [0.1, 0.15) is 5.82 Å². The number of carboxylic acid groups (broad SMARTS) is 2. The highest BCUT2D eigenvalue weighted by Crippen LogP contribution is 2.18. The molecule has 2 aromatic heterocycles. The van der Waals surface area contributed by atoms with Crippen molar-refractivity contribution in [2.45, 2.75) is 33.6 Å². The summed E-state index contributed by atoms with van der Waals surface area (Å²) in [5.41, 5.74) is 3.68. The van der Waals surface area contributed by atoms with Gasteiger partial charge in [0.25, 0.3) is 0 Å². The van der Waals surface area contributed by atoms with Gasteiger partial charge in [0.15, 0.2) is 0 Å². The van der Waals surface area contributed by atoms with Crippen molar-refractivity contribution in [3.63, 3.8) is 0 Å². The van der Waals surface area contributed by atoms with E-state index in [-0.39, 0.29) is 12.8 Å². The molecule has 6 nitrogen and oxygen atoms in total. The van der Waals surface area contributed by atoms with Crippen LogP contribution in [0, 0.1) is 26.7 Å². The maximum Gasteiger partial charge on any atom is 0.137 e. The molecule has 0 saturated heterocycles. The largest absolute Gasteiger partial charge is 0.549 e. The van der Waals surface area contributed by atoms with Crippen LogP contribution in [0.3, 0.4) is 0 Å². The highest BCUT2D eigenvalue weighted by atomic mass is 16.4. The summed E-state index contributed by atoms with van der Waals surface area (Å²) in [4.78, 5) is 26.2. The van der Waals surface area contributed by atoms with Gasteiger partial charge in [-0.3, -0.25) is 0 Å². The second-order valence-corrected chi connectivity index (χ2v) is 5.67. The fourth-order valence-corrected chi connectivity index (χ4v) is 2.62. The molecule has 23 heavy (non-hydrogen) atoms. The molecular formula is C17H18N2O4-2. The summed E-state index contributed by atoms with van der Waals surface area (Å²) < 4.78 is 1.99. The summed E-state index contributed by atoms with van der Waals surface area (Å²) in [5.74, 6) is -4.15. The molecular weight excluding hydrogens is 296 g/mol. The second kappa shape index (κ2) is 6.64. The van der Waals surface area contributed by atoms with Crippen molar-refractivity contribution in [3.05, 3.63) is 46.9 Å². The molecule has 0 aliphatic heterocycles. The molecule has 6 heteroatoms. The van der Waals surface area contributed by atoms with Crippen LogP contribution in [0.2, 0.25) is 0 Å². The Morgan fingerprint density at radius 2 is 1.65 bits per heavy atom. The number of hydrogen-bond acceptors (Lipinski definition) is 5. The lowest BCUT2D eigenvalue weighted by Crippen LogP contribution is -2.43. The number of aliphatic carboxylic acids is 2. The number of aryl methyl sites for hydroxylation is 4. The zero-order chi connectivity index (χ0) is 17.1. The van der Waals surface area contributed by atoms with E-state index < -0.39 is 17.9 Å². The Labute approximate surface area is 134 Å². The molecule has 0 aliphatic carbocycles. The van der Waals surface area contributed by atoms with Gasteiger partial charge in [0.2, 0.25) is 0 Å². The predicted molar refractivity (Wildman–Crippen MR) is 79.6 cm³/mol. The zero-order valence-electron chi connectivity index (χ0n) is 13.3. The van der Waals surface area contributed by atoms with Crippen LogP contribution in [-0.4, -0.2) is 21.5 Å². The molecule has 0 fully saturated rings. The highest BCUT2D eigenvalue weighted by molar-refractivity contribution is 5.90.